The largest absolute Gasteiger partial charge is 0.446 e. The topological polar surface area (TPSA) is 85.9 Å². The summed E-state index contributed by atoms with van der Waals surface area (Å²) in [4.78, 5) is 46.5. The first-order valence-corrected chi connectivity index (χ1v) is 11.3. The fourth-order valence-corrected chi connectivity index (χ4v) is 4.20. The number of nitrogens with zero attached hydrogens (tertiary/aromatic N) is 4. The average Bonchev–Trinajstić information content (AvgIpc) is 2.86. The molecule has 4 rings (SSSR count). The minimum Gasteiger partial charge on any atom is -0.324 e. The third-order valence-electron chi connectivity index (χ3n) is 5.70. The van der Waals surface area contributed by atoms with Gasteiger partial charge in [-0.15, -0.1) is 0 Å². The van der Waals surface area contributed by atoms with Gasteiger partial charge in [-0.05, 0) is 74.0 Å². The highest BCUT2D eigenvalue weighted by Crippen LogP contribution is 2.39. The van der Waals surface area contributed by atoms with E-state index in [-0.39, 0.29) is 34.9 Å². The molecule has 0 spiro atoms. The van der Waals surface area contributed by atoms with Crippen LogP contribution in [0.15, 0.2) is 47.5 Å². The third kappa shape index (κ3) is 4.81. The second-order valence-corrected chi connectivity index (χ2v) is 9.57. The summed E-state index contributed by atoms with van der Waals surface area (Å²) >= 11 is -0.270. The van der Waals surface area contributed by atoms with Crippen LogP contribution < -0.4 is 10.2 Å². The SMILES string of the molecule is CC1(C)C(=O)N(c2ccc(SC(F)(F)F)cc2)C(=O)N1Cc1ccnc(NC(=O)N2CCC2)c1. The first-order valence-electron chi connectivity index (χ1n) is 10.5. The molecule has 2 fully saturated rings. The number of hydrogen-bond acceptors (Lipinski definition) is 5. The third-order valence-corrected chi connectivity index (χ3v) is 6.43. The van der Waals surface area contributed by atoms with Crippen LogP contribution in [0.25, 0.3) is 0 Å². The molecule has 180 valence electrons. The first-order chi connectivity index (χ1) is 16.0. The summed E-state index contributed by atoms with van der Waals surface area (Å²) < 4.78 is 37.8. The quantitative estimate of drug-likeness (QED) is 0.483. The average molecular weight is 494 g/mol. The standard InChI is InChI=1S/C22H22F3N5O3S/c1-21(2)18(31)30(15-4-6-16(7-5-15)34-22(23,24)25)20(33)29(21)13-14-8-9-26-17(12-14)27-19(32)28-10-3-11-28/h4-9,12H,3,10-11,13H2,1-2H3,(H,26,27,32). The number of urea groups is 2. The fraction of sp³-hybridized carbons (Fsp3) is 0.364. The van der Waals surface area contributed by atoms with Crippen LogP contribution in [0.1, 0.15) is 25.8 Å². The van der Waals surface area contributed by atoms with Crippen molar-refractivity contribution in [3.63, 3.8) is 0 Å². The molecule has 0 atom stereocenters. The fourth-order valence-electron chi connectivity index (χ4n) is 3.66. The zero-order valence-electron chi connectivity index (χ0n) is 18.4. The van der Waals surface area contributed by atoms with Crippen LogP contribution in [-0.4, -0.2) is 56.9 Å². The molecule has 1 N–H and O–H groups in total. The van der Waals surface area contributed by atoms with Crippen molar-refractivity contribution in [2.24, 2.45) is 0 Å². The van der Waals surface area contributed by atoms with Gasteiger partial charge in [-0.25, -0.2) is 19.5 Å². The number of pyridine rings is 1. The van der Waals surface area contributed by atoms with Gasteiger partial charge in [-0.1, -0.05) is 0 Å². The normalized spacial score (nSPS) is 17.7. The number of anilines is 2. The summed E-state index contributed by atoms with van der Waals surface area (Å²) in [5.41, 5.74) is -4.78. The molecular formula is C22H22F3N5O3S. The van der Waals surface area contributed by atoms with Gasteiger partial charge in [0.15, 0.2) is 0 Å². The van der Waals surface area contributed by atoms with Gasteiger partial charge >= 0.3 is 17.6 Å². The maximum Gasteiger partial charge on any atom is 0.446 e. The Balaban J connectivity index is 1.51. The van der Waals surface area contributed by atoms with E-state index in [1.807, 2.05) is 0 Å². The minimum atomic E-state index is -4.43. The lowest BCUT2D eigenvalue weighted by Gasteiger charge is -2.30. The van der Waals surface area contributed by atoms with Crippen LogP contribution in [0.5, 0.6) is 0 Å². The molecule has 0 radical (unpaired) electrons. The van der Waals surface area contributed by atoms with E-state index in [9.17, 15) is 27.6 Å². The molecule has 2 aliphatic rings. The zero-order chi connectivity index (χ0) is 24.7. The summed E-state index contributed by atoms with van der Waals surface area (Å²) in [5, 5.41) is 2.72. The molecule has 2 saturated heterocycles. The molecule has 0 aliphatic carbocycles. The van der Waals surface area contributed by atoms with Crippen molar-refractivity contribution in [2.45, 2.75) is 42.8 Å². The summed E-state index contributed by atoms with van der Waals surface area (Å²) in [6, 6.07) is 7.56. The molecule has 5 amide bonds. The number of imide groups is 1. The van der Waals surface area contributed by atoms with E-state index >= 15 is 0 Å². The van der Waals surface area contributed by atoms with E-state index in [1.54, 1.807) is 30.9 Å². The Bertz CT molecular complexity index is 1120. The Morgan fingerprint density at radius 2 is 1.82 bits per heavy atom. The molecule has 1 aromatic carbocycles. The van der Waals surface area contributed by atoms with Crippen LogP contribution >= 0.6 is 11.8 Å². The lowest BCUT2D eigenvalue weighted by Crippen LogP contribution is -2.44. The monoisotopic (exact) mass is 493 g/mol. The van der Waals surface area contributed by atoms with E-state index in [4.69, 9.17) is 0 Å². The van der Waals surface area contributed by atoms with Crippen molar-refractivity contribution in [3.05, 3.63) is 48.2 Å². The highest BCUT2D eigenvalue weighted by molar-refractivity contribution is 8.00. The van der Waals surface area contributed by atoms with Gasteiger partial charge in [0.1, 0.15) is 11.4 Å². The molecule has 3 heterocycles. The van der Waals surface area contributed by atoms with E-state index in [0.29, 0.717) is 24.5 Å². The van der Waals surface area contributed by atoms with Crippen molar-refractivity contribution in [1.82, 2.24) is 14.8 Å². The number of carbonyl (C=O) groups is 3. The lowest BCUT2D eigenvalue weighted by atomic mass is 10.0. The zero-order valence-corrected chi connectivity index (χ0v) is 19.2. The number of amides is 5. The van der Waals surface area contributed by atoms with Crippen LogP contribution in [0, 0.1) is 0 Å². The molecule has 1 aromatic heterocycles. The molecular weight excluding hydrogens is 471 g/mol. The second kappa shape index (κ2) is 8.82. The number of benzene rings is 1. The van der Waals surface area contributed by atoms with E-state index in [0.717, 1.165) is 11.3 Å². The first kappa shape index (κ1) is 23.9. The Hall–Kier alpha value is -3.28. The second-order valence-electron chi connectivity index (χ2n) is 8.43. The van der Waals surface area contributed by atoms with Gasteiger partial charge in [0.25, 0.3) is 5.91 Å². The highest BCUT2D eigenvalue weighted by atomic mass is 32.2. The summed E-state index contributed by atoms with van der Waals surface area (Å²) in [7, 11) is 0. The smallest absolute Gasteiger partial charge is 0.324 e. The Labute approximate surface area is 198 Å². The van der Waals surface area contributed by atoms with Gasteiger partial charge in [0.05, 0.1) is 5.69 Å². The minimum absolute atomic E-state index is 0.0453. The van der Waals surface area contributed by atoms with Crippen molar-refractivity contribution >= 4 is 41.2 Å². The molecule has 12 heteroatoms. The molecule has 0 unspecified atom stereocenters. The van der Waals surface area contributed by atoms with Crippen LogP contribution in [0.4, 0.5) is 34.3 Å². The van der Waals surface area contributed by atoms with Crippen molar-refractivity contribution in [3.8, 4) is 0 Å². The number of thioether (sulfide) groups is 1. The van der Waals surface area contributed by atoms with Crippen LogP contribution in [-0.2, 0) is 11.3 Å². The van der Waals surface area contributed by atoms with Crippen LogP contribution in [0.2, 0.25) is 0 Å². The van der Waals surface area contributed by atoms with Gasteiger partial charge in [-0.2, -0.15) is 13.2 Å². The summed E-state index contributed by atoms with van der Waals surface area (Å²) in [5.74, 6) is -0.158. The van der Waals surface area contributed by atoms with Crippen molar-refractivity contribution in [1.29, 1.82) is 0 Å². The maximum absolute atomic E-state index is 13.2. The van der Waals surface area contributed by atoms with Gasteiger partial charge < -0.3 is 9.80 Å². The predicted molar refractivity (Wildman–Crippen MR) is 120 cm³/mol. The number of halogens is 3. The number of aromatic nitrogens is 1. The highest BCUT2D eigenvalue weighted by Gasteiger charge is 2.51. The summed E-state index contributed by atoms with van der Waals surface area (Å²) in [6.45, 7) is 4.67. The molecule has 0 saturated carbocycles. The number of hydrogen-bond donors (Lipinski definition) is 1. The number of nitrogens with one attached hydrogen (secondary N) is 1. The number of alkyl halides is 3. The Morgan fingerprint density at radius 3 is 2.41 bits per heavy atom. The Kier molecular flexibility index (Phi) is 6.19. The number of rotatable bonds is 5. The summed E-state index contributed by atoms with van der Waals surface area (Å²) in [6.07, 6.45) is 2.46. The van der Waals surface area contributed by atoms with Crippen molar-refractivity contribution in [2.75, 3.05) is 23.3 Å². The molecule has 0 bridgehead atoms. The maximum atomic E-state index is 13.2. The molecule has 8 nitrogen and oxygen atoms in total. The Morgan fingerprint density at radius 1 is 1.15 bits per heavy atom. The van der Waals surface area contributed by atoms with Gasteiger partial charge in [0, 0.05) is 30.7 Å². The van der Waals surface area contributed by atoms with Gasteiger partial charge in [-0.3, -0.25) is 10.1 Å². The van der Waals surface area contributed by atoms with Crippen molar-refractivity contribution < 1.29 is 27.6 Å². The molecule has 34 heavy (non-hydrogen) atoms. The number of likely N-dealkylation sites (tertiary alicyclic amines) is 1. The number of carbonyl (C=O) groups excluding carboxylic acids is 3. The molecule has 2 aromatic rings. The van der Waals surface area contributed by atoms with Crippen LogP contribution in [0.3, 0.4) is 0 Å². The van der Waals surface area contributed by atoms with Gasteiger partial charge in [0.2, 0.25) is 0 Å². The lowest BCUT2D eigenvalue weighted by molar-refractivity contribution is -0.123. The van der Waals surface area contributed by atoms with E-state index < -0.39 is 23.0 Å². The van der Waals surface area contributed by atoms with E-state index in [2.05, 4.69) is 10.3 Å². The molecule has 2 aliphatic heterocycles. The van der Waals surface area contributed by atoms with E-state index in [1.165, 1.54) is 35.4 Å². The predicted octanol–water partition coefficient (Wildman–Crippen LogP) is 4.68.